The van der Waals surface area contributed by atoms with E-state index in [4.69, 9.17) is 5.73 Å². The van der Waals surface area contributed by atoms with Crippen LogP contribution in [-0.2, 0) is 6.42 Å². The van der Waals surface area contributed by atoms with Crippen LogP contribution in [0.25, 0.3) is 0 Å². The van der Waals surface area contributed by atoms with Crippen LogP contribution in [0.15, 0.2) is 47.5 Å². The number of benzene rings is 1. The summed E-state index contributed by atoms with van der Waals surface area (Å²) in [5, 5.41) is 0. The number of hydrogen-bond donors (Lipinski definition) is 1. The number of halogens is 1. The Hall–Kier alpha value is -1.28. The molecule has 0 saturated heterocycles. The van der Waals surface area contributed by atoms with E-state index in [0.29, 0.717) is 11.9 Å². The van der Waals surface area contributed by atoms with E-state index in [0.717, 1.165) is 19.3 Å². The summed E-state index contributed by atoms with van der Waals surface area (Å²) in [4.78, 5) is 4.48. The quantitative estimate of drug-likeness (QED) is 0.843. The van der Waals surface area contributed by atoms with Crippen LogP contribution in [-0.4, -0.2) is 11.9 Å². The Morgan fingerprint density at radius 3 is 2.75 bits per heavy atom. The van der Waals surface area contributed by atoms with Crippen LogP contribution >= 0.6 is 12.4 Å². The predicted molar refractivity (Wildman–Crippen MR) is 71.2 cm³/mol. The summed E-state index contributed by atoms with van der Waals surface area (Å²) in [5.41, 5.74) is 7.08. The summed E-state index contributed by atoms with van der Waals surface area (Å²) in [6, 6.07) is 10.8. The topological polar surface area (TPSA) is 38.4 Å². The van der Waals surface area contributed by atoms with E-state index in [1.165, 1.54) is 5.56 Å². The largest absolute Gasteiger partial charge is 0.384 e. The molecule has 1 aromatic carbocycles. The van der Waals surface area contributed by atoms with Crippen LogP contribution in [0.5, 0.6) is 0 Å². The molecule has 1 aliphatic heterocycles. The minimum Gasteiger partial charge on any atom is -0.384 e. The molecule has 0 radical (unpaired) electrons. The lowest BCUT2D eigenvalue weighted by molar-refractivity contribution is 0.624. The molecule has 1 aliphatic rings. The third kappa shape index (κ3) is 3.70. The van der Waals surface area contributed by atoms with E-state index < -0.39 is 0 Å². The van der Waals surface area contributed by atoms with Gasteiger partial charge >= 0.3 is 0 Å². The fourth-order valence-electron chi connectivity index (χ4n) is 1.84. The van der Waals surface area contributed by atoms with Crippen LogP contribution < -0.4 is 5.73 Å². The maximum absolute atomic E-state index is 5.74. The van der Waals surface area contributed by atoms with Gasteiger partial charge in [0.25, 0.3) is 0 Å². The molecular weight excluding hydrogens is 220 g/mol. The molecule has 0 aromatic heterocycles. The highest BCUT2D eigenvalue weighted by Gasteiger charge is 2.09. The van der Waals surface area contributed by atoms with Gasteiger partial charge in [0, 0.05) is 0 Å². The molecule has 2 nitrogen and oxygen atoms in total. The first-order valence-electron chi connectivity index (χ1n) is 5.38. The number of amidine groups is 1. The molecule has 1 aromatic rings. The van der Waals surface area contributed by atoms with Gasteiger partial charge in [-0.25, -0.2) is 0 Å². The molecule has 0 saturated carbocycles. The maximum atomic E-state index is 5.74. The van der Waals surface area contributed by atoms with Crippen LogP contribution in [0.1, 0.15) is 18.4 Å². The lowest BCUT2D eigenvalue weighted by Gasteiger charge is -2.10. The van der Waals surface area contributed by atoms with Crippen molar-refractivity contribution in [2.75, 3.05) is 0 Å². The van der Waals surface area contributed by atoms with Gasteiger partial charge in [-0.05, 0) is 30.9 Å². The zero-order chi connectivity index (χ0) is 10.5. The molecule has 0 bridgehead atoms. The first kappa shape index (κ1) is 12.8. The minimum absolute atomic E-state index is 0. The van der Waals surface area contributed by atoms with Crippen molar-refractivity contribution in [1.29, 1.82) is 0 Å². The fraction of sp³-hybridized carbons (Fsp3) is 0.308. The van der Waals surface area contributed by atoms with Crippen molar-refractivity contribution in [1.82, 2.24) is 0 Å². The highest BCUT2D eigenvalue weighted by atomic mass is 35.5. The average molecular weight is 237 g/mol. The second-order valence-corrected chi connectivity index (χ2v) is 3.88. The molecule has 1 atom stereocenters. The summed E-state index contributed by atoms with van der Waals surface area (Å²) in [6.45, 7) is 0. The predicted octanol–water partition coefficient (Wildman–Crippen LogP) is 2.73. The van der Waals surface area contributed by atoms with Gasteiger partial charge in [0.15, 0.2) is 0 Å². The van der Waals surface area contributed by atoms with E-state index in [2.05, 4.69) is 35.3 Å². The molecule has 0 fully saturated rings. The number of allylic oxidation sites excluding steroid dienone is 1. The molecule has 0 amide bonds. The van der Waals surface area contributed by atoms with Gasteiger partial charge in [0.2, 0.25) is 0 Å². The summed E-state index contributed by atoms with van der Waals surface area (Å²) in [7, 11) is 0. The van der Waals surface area contributed by atoms with Gasteiger partial charge in [0.05, 0.1) is 6.04 Å². The molecule has 3 heteroatoms. The van der Waals surface area contributed by atoms with Gasteiger partial charge < -0.3 is 5.73 Å². The van der Waals surface area contributed by atoms with E-state index in [-0.39, 0.29) is 12.4 Å². The third-order valence-electron chi connectivity index (χ3n) is 2.60. The molecule has 86 valence electrons. The number of nitrogens with zero attached hydrogens (tertiary/aromatic N) is 1. The Balaban J connectivity index is 0.00000128. The number of nitrogens with two attached hydrogens (primary N) is 1. The molecule has 0 spiro atoms. The Morgan fingerprint density at radius 2 is 2.00 bits per heavy atom. The maximum Gasteiger partial charge on any atom is 0.118 e. The molecule has 0 aliphatic carbocycles. The molecule has 2 N–H and O–H groups in total. The van der Waals surface area contributed by atoms with E-state index in [1.54, 1.807) is 0 Å². The number of aliphatic imine (C=N–C) groups is 1. The average Bonchev–Trinajstić information content (AvgIpc) is 2.44. The molecule has 1 heterocycles. The van der Waals surface area contributed by atoms with E-state index in [1.807, 2.05) is 12.1 Å². The minimum atomic E-state index is 0. The van der Waals surface area contributed by atoms with Gasteiger partial charge in [-0.1, -0.05) is 36.4 Å². The summed E-state index contributed by atoms with van der Waals surface area (Å²) in [6.07, 6.45) is 7.16. The van der Waals surface area contributed by atoms with Crippen molar-refractivity contribution in [2.24, 2.45) is 10.7 Å². The Morgan fingerprint density at radius 1 is 1.25 bits per heavy atom. The number of hydrogen-bond acceptors (Lipinski definition) is 2. The van der Waals surface area contributed by atoms with Crippen LogP contribution in [0, 0.1) is 0 Å². The van der Waals surface area contributed by atoms with Crippen LogP contribution in [0.2, 0.25) is 0 Å². The second kappa shape index (κ2) is 6.33. The van der Waals surface area contributed by atoms with Crippen LogP contribution in [0.4, 0.5) is 0 Å². The van der Waals surface area contributed by atoms with Crippen LogP contribution in [0.3, 0.4) is 0 Å². The summed E-state index contributed by atoms with van der Waals surface area (Å²) >= 11 is 0. The Kier molecular flexibility index (Phi) is 5.06. The molecule has 1 unspecified atom stereocenters. The van der Waals surface area contributed by atoms with Gasteiger partial charge in [0.1, 0.15) is 5.84 Å². The van der Waals surface area contributed by atoms with Crippen molar-refractivity contribution in [3.8, 4) is 0 Å². The Labute approximate surface area is 103 Å². The van der Waals surface area contributed by atoms with Crippen molar-refractivity contribution < 1.29 is 0 Å². The zero-order valence-electron chi connectivity index (χ0n) is 9.17. The lowest BCUT2D eigenvalue weighted by atomic mass is 10.0. The fourth-order valence-corrected chi connectivity index (χ4v) is 1.84. The monoisotopic (exact) mass is 236 g/mol. The van der Waals surface area contributed by atoms with Gasteiger partial charge in [-0.3, -0.25) is 4.99 Å². The lowest BCUT2D eigenvalue weighted by Crippen LogP contribution is -2.14. The highest BCUT2D eigenvalue weighted by molar-refractivity contribution is 5.91. The van der Waals surface area contributed by atoms with E-state index in [9.17, 15) is 0 Å². The molecular formula is C13H17ClN2. The second-order valence-electron chi connectivity index (χ2n) is 3.88. The Bertz CT molecular complexity index is 371. The SMILES string of the molecule is Cl.NC1=NC(Cc2ccccc2)CCC=C1. The molecule has 16 heavy (non-hydrogen) atoms. The first-order chi connectivity index (χ1) is 7.34. The van der Waals surface area contributed by atoms with E-state index >= 15 is 0 Å². The van der Waals surface area contributed by atoms with Crippen molar-refractivity contribution in [2.45, 2.75) is 25.3 Å². The summed E-state index contributed by atoms with van der Waals surface area (Å²) in [5.74, 6) is 0.661. The highest BCUT2D eigenvalue weighted by Crippen LogP contribution is 2.13. The normalized spacial score (nSPS) is 19.5. The van der Waals surface area contributed by atoms with Gasteiger partial charge in [-0.15, -0.1) is 12.4 Å². The van der Waals surface area contributed by atoms with Crippen molar-refractivity contribution in [3.63, 3.8) is 0 Å². The molecule has 2 rings (SSSR count). The summed E-state index contributed by atoms with van der Waals surface area (Å²) < 4.78 is 0. The standard InChI is InChI=1S/C13H16N2.ClH/c14-13-9-5-4-8-12(15-13)10-11-6-2-1-3-7-11;/h1-3,5-7,9,12H,4,8,10H2,(H2,14,15);1H. The first-order valence-corrected chi connectivity index (χ1v) is 5.38. The zero-order valence-corrected chi connectivity index (χ0v) is 9.99. The smallest absolute Gasteiger partial charge is 0.118 e. The van der Waals surface area contributed by atoms with Gasteiger partial charge in [-0.2, -0.15) is 0 Å². The van der Waals surface area contributed by atoms with Crippen molar-refractivity contribution in [3.05, 3.63) is 48.0 Å². The third-order valence-corrected chi connectivity index (χ3v) is 2.60. The van der Waals surface area contributed by atoms with Crippen molar-refractivity contribution >= 4 is 18.2 Å². The number of rotatable bonds is 2.